The third-order valence-corrected chi connectivity index (χ3v) is 7.43. The molecule has 6 rings (SSSR count). The topological polar surface area (TPSA) is 87.6 Å². The van der Waals surface area contributed by atoms with Crippen molar-refractivity contribution in [3.63, 3.8) is 0 Å². The highest BCUT2D eigenvalue weighted by Crippen LogP contribution is 2.56. The van der Waals surface area contributed by atoms with E-state index in [0.29, 0.717) is 5.69 Å². The standard InChI is InChI=1S/C32H26N4O/c33-30(37)32(29-17-10-20-34-29,27-18-19-28-23(21-27)22-35-36-28)31(24-11-4-1-5-12-24,25-13-6-2-7-14-25)26-15-8-3-9-16-26/h1-22,34H,(H2,33,37)(H,35,36). The zero-order valence-electron chi connectivity index (χ0n) is 20.1. The lowest BCUT2D eigenvalue weighted by Gasteiger charge is -2.50. The number of aromatic amines is 2. The van der Waals surface area contributed by atoms with Crippen LogP contribution in [0.5, 0.6) is 0 Å². The van der Waals surface area contributed by atoms with Gasteiger partial charge in [-0.3, -0.25) is 9.89 Å². The number of nitrogens with one attached hydrogen (secondary N) is 2. The Hall–Kier alpha value is -4.90. The maximum absolute atomic E-state index is 14.3. The first-order valence-electron chi connectivity index (χ1n) is 12.2. The van der Waals surface area contributed by atoms with Gasteiger partial charge in [0, 0.05) is 17.3 Å². The Morgan fingerprint density at radius 2 is 1.24 bits per heavy atom. The summed E-state index contributed by atoms with van der Waals surface area (Å²) >= 11 is 0. The summed E-state index contributed by atoms with van der Waals surface area (Å²) in [5.74, 6) is -0.464. The number of amides is 1. The first-order valence-corrected chi connectivity index (χ1v) is 12.2. The monoisotopic (exact) mass is 482 g/mol. The summed E-state index contributed by atoms with van der Waals surface area (Å²) in [6.45, 7) is 0. The second-order valence-electron chi connectivity index (χ2n) is 9.22. The van der Waals surface area contributed by atoms with Crippen LogP contribution < -0.4 is 5.73 Å². The zero-order valence-corrected chi connectivity index (χ0v) is 20.1. The minimum absolute atomic E-state index is 0.464. The molecule has 5 heteroatoms. The molecule has 2 heterocycles. The molecule has 0 spiro atoms. The molecule has 0 aliphatic heterocycles. The summed E-state index contributed by atoms with van der Waals surface area (Å²) in [6.07, 6.45) is 3.61. The predicted octanol–water partition coefficient (Wildman–Crippen LogP) is 5.70. The van der Waals surface area contributed by atoms with Crippen LogP contribution in [0.2, 0.25) is 0 Å². The maximum atomic E-state index is 14.3. The molecule has 0 aliphatic rings. The number of nitrogens with zero attached hydrogens (tertiary/aromatic N) is 1. The highest BCUT2D eigenvalue weighted by molar-refractivity contribution is 5.96. The van der Waals surface area contributed by atoms with Crippen LogP contribution in [0.4, 0.5) is 0 Å². The molecule has 1 amide bonds. The average Bonchev–Trinajstić information content (AvgIpc) is 3.65. The zero-order chi connectivity index (χ0) is 25.3. The Morgan fingerprint density at radius 3 is 1.73 bits per heavy atom. The molecule has 180 valence electrons. The van der Waals surface area contributed by atoms with Crippen molar-refractivity contribution in [2.24, 2.45) is 5.73 Å². The van der Waals surface area contributed by atoms with Crippen molar-refractivity contribution in [1.29, 1.82) is 0 Å². The van der Waals surface area contributed by atoms with E-state index in [1.165, 1.54) is 0 Å². The van der Waals surface area contributed by atoms with Gasteiger partial charge in [0.2, 0.25) is 5.91 Å². The number of aromatic nitrogens is 3. The van der Waals surface area contributed by atoms with Crippen LogP contribution in [0.3, 0.4) is 0 Å². The molecule has 1 unspecified atom stereocenters. The van der Waals surface area contributed by atoms with E-state index >= 15 is 0 Å². The Bertz CT molecular complexity index is 1540. The number of benzene rings is 4. The van der Waals surface area contributed by atoms with Crippen molar-refractivity contribution in [2.45, 2.75) is 10.8 Å². The van der Waals surface area contributed by atoms with Crippen molar-refractivity contribution in [3.8, 4) is 0 Å². The largest absolute Gasteiger partial charge is 0.369 e. The smallest absolute Gasteiger partial charge is 0.235 e. The minimum Gasteiger partial charge on any atom is -0.369 e. The number of hydrogen-bond donors (Lipinski definition) is 3. The molecule has 4 aromatic carbocycles. The molecular formula is C32H26N4O. The van der Waals surface area contributed by atoms with Gasteiger partial charge in [-0.15, -0.1) is 0 Å². The maximum Gasteiger partial charge on any atom is 0.235 e. The SMILES string of the molecule is NC(=O)C(c1ccc2[nH]ncc2c1)(c1ccc[nH]1)C(c1ccccc1)(c1ccccc1)c1ccccc1. The van der Waals surface area contributed by atoms with Gasteiger partial charge in [0.05, 0.1) is 17.1 Å². The summed E-state index contributed by atoms with van der Waals surface area (Å²) in [4.78, 5) is 17.7. The van der Waals surface area contributed by atoms with Crippen LogP contribution in [0.25, 0.3) is 10.9 Å². The van der Waals surface area contributed by atoms with Crippen molar-refractivity contribution < 1.29 is 4.79 Å². The van der Waals surface area contributed by atoms with E-state index in [9.17, 15) is 4.79 Å². The molecule has 0 saturated heterocycles. The third kappa shape index (κ3) is 3.24. The molecule has 6 aromatic rings. The molecule has 4 N–H and O–H groups in total. The van der Waals surface area contributed by atoms with Crippen LogP contribution in [-0.2, 0) is 15.6 Å². The molecule has 0 fully saturated rings. The van der Waals surface area contributed by atoms with E-state index in [4.69, 9.17) is 5.73 Å². The molecule has 5 nitrogen and oxygen atoms in total. The highest BCUT2D eigenvalue weighted by Gasteiger charge is 2.61. The molecule has 0 aliphatic carbocycles. The van der Waals surface area contributed by atoms with Crippen LogP contribution in [0.15, 0.2) is 134 Å². The van der Waals surface area contributed by atoms with Crippen molar-refractivity contribution >= 4 is 16.8 Å². The van der Waals surface area contributed by atoms with Gasteiger partial charge in [-0.05, 0) is 46.5 Å². The first-order chi connectivity index (χ1) is 18.2. The summed E-state index contributed by atoms with van der Waals surface area (Å²) in [5.41, 5.74) is 9.47. The predicted molar refractivity (Wildman–Crippen MR) is 146 cm³/mol. The van der Waals surface area contributed by atoms with Crippen molar-refractivity contribution in [2.75, 3.05) is 0 Å². The second-order valence-corrected chi connectivity index (χ2v) is 9.22. The molecular weight excluding hydrogens is 456 g/mol. The quantitative estimate of drug-likeness (QED) is 0.255. The van der Waals surface area contributed by atoms with Gasteiger partial charge in [0.25, 0.3) is 0 Å². The van der Waals surface area contributed by atoms with Gasteiger partial charge >= 0.3 is 0 Å². The van der Waals surface area contributed by atoms with Gasteiger partial charge in [0.15, 0.2) is 0 Å². The van der Waals surface area contributed by atoms with Crippen LogP contribution in [0.1, 0.15) is 27.9 Å². The summed E-state index contributed by atoms with van der Waals surface area (Å²) in [6, 6.07) is 40.3. The molecule has 0 bridgehead atoms. The fourth-order valence-corrected chi connectivity index (χ4v) is 5.99. The number of carbonyl (C=O) groups excluding carboxylic acids is 1. The summed E-state index contributed by atoms with van der Waals surface area (Å²) < 4.78 is 0. The van der Waals surface area contributed by atoms with Crippen LogP contribution in [0, 0.1) is 0 Å². The van der Waals surface area contributed by atoms with Gasteiger partial charge in [-0.2, -0.15) is 5.10 Å². The van der Waals surface area contributed by atoms with Gasteiger partial charge < -0.3 is 10.7 Å². The number of hydrogen-bond acceptors (Lipinski definition) is 2. The summed E-state index contributed by atoms with van der Waals surface area (Å²) in [7, 11) is 0. The fraction of sp³-hybridized carbons (Fsp3) is 0.0625. The second kappa shape index (κ2) is 8.95. The molecule has 0 saturated carbocycles. The lowest BCUT2D eigenvalue weighted by atomic mass is 9.49. The van der Waals surface area contributed by atoms with Crippen molar-refractivity contribution in [1.82, 2.24) is 15.2 Å². The average molecular weight is 483 g/mol. The first kappa shape index (κ1) is 22.6. The van der Waals surface area contributed by atoms with Crippen LogP contribution >= 0.6 is 0 Å². The number of nitrogens with two attached hydrogens (primary N) is 1. The molecule has 2 aromatic heterocycles. The van der Waals surface area contributed by atoms with Gasteiger partial charge in [-0.1, -0.05) is 97.1 Å². The Balaban J connectivity index is 1.88. The fourth-order valence-electron chi connectivity index (χ4n) is 5.99. The highest BCUT2D eigenvalue weighted by atomic mass is 16.1. The van der Waals surface area contributed by atoms with E-state index in [1.807, 2.05) is 91.1 Å². The molecule has 1 atom stereocenters. The van der Waals surface area contributed by atoms with E-state index in [0.717, 1.165) is 33.2 Å². The molecule has 0 radical (unpaired) electrons. The van der Waals surface area contributed by atoms with E-state index in [-0.39, 0.29) is 0 Å². The molecule has 37 heavy (non-hydrogen) atoms. The lowest BCUT2D eigenvalue weighted by Crippen LogP contribution is -2.59. The van der Waals surface area contributed by atoms with E-state index in [2.05, 4.69) is 51.6 Å². The summed E-state index contributed by atoms with van der Waals surface area (Å²) in [5, 5.41) is 8.14. The Labute approximate surface area is 215 Å². The number of H-pyrrole nitrogens is 2. The van der Waals surface area contributed by atoms with Gasteiger partial charge in [-0.25, -0.2) is 0 Å². The van der Waals surface area contributed by atoms with E-state index in [1.54, 1.807) is 6.20 Å². The van der Waals surface area contributed by atoms with Gasteiger partial charge in [0.1, 0.15) is 5.41 Å². The third-order valence-electron chi connectivity index (χ3n) is 7.43. The number of rotatable bonds is 7. The number of fused-ring (bicyclic) bond motifs is 1. The minimum atomic E-state index is -1.36. The number of primary amides is 1. The van der Waals surface area contributed by atoms with Crippen molar-refractivity contribution in [3.05, 3.63) is 162 Å². The van der Waals surface area contributed by atoms with E-state index < -0.39 is 16.7 Å². The Morgan fingerprint density at radius 1 is 0.676 bits per heavy atom. The Kier molecular flexibility index (Phi) is 5.46. The lowest BCUT2D eigenvalue weighted by molar-refractivity contribution is -0.123. The van der Waals surface area contributed by atoms with Crippen LogP contribution in [-0.4, -0.2) is 21.1 Å². The normalized spacial score (nSPS) is 13.3. The number of carbonyl (C=O) groups is 1.